The first-order chi connectivity index (χ1) is 9.45. The van der Waals surface area contributed by atoms with Crippen molar-refractivity contribution in [2.24, 2.45) is 0 Å². The highest BCUT2D eigenvalue weighted by molar-refractivity contribution is 5.85. The summed E-state index contributed by atoms with van der Waals surface area (Å²) in [5.74, 6) is -0.462. The topological polar surface area (TPSA) is 15.8 Å². The van der Waals surface area contributed by atoms with Crippen LogP contribution in [0.4, 0.5) is 17.6 Å². The lowest BCUT2D eigenvalue weighted by Gasteiger charge is -2.09. The summed E-state index contributed by atoms with van der Waals surface area (Å²) in [6.07, 6.45) is -2.82. The van der Waals surface area contributed by atoms with Gasteiger partial charge in [0, 0.05) is 17.1 Å². The summed E-state index contributed by atoms with van der Waals surface area (Å²) >= 11 is 0. The van der Waals surface area contributed by atoms with Crippen LogP contribution in [0.25, 0.3) is 22.0 Å². The van der Waals surface area contributed by atoms with Crippen LogP contribution >= 0.6 is 0 Å². The number of fused-ring (bicyclic) bond motifs is 1. The summed E-state index contributed by atoms with van der Waals surface area (Å²) in [6, 6.07) is 9.31. The normalized spacial score (nSPS) is 12.0. The predicted octanol–water partition coefficient (Wildman–Crippen LogP) is 4.99. The van der Waals surface area contributed by atoms with E-state index in [9.17, 15) is 17.6 Å². The molecule has 5 heteroatoms. The second kappa shape index (κ2) is 4.37. The van der Waals surface area contributed by atoms with Crippen LogP contribution < -0.4 is 0 Å². The first-order valence-corrected chi connectivity index (χ1v) is 5.89. The van der Waals surface area contributed by atoms with Crippen molar-refractivity contribution >= 4 is 10.9 Å². The highest BCUT2D eigenvalue weighted by Gasteiger charge is 2.30. The first-order valence-electron chi connectivity index (χ1n) is 5.89. The average molecular weight is 279 g/mol. The minimum Gasteiger partial charge on any atom is -0.361 e. The Morgan fingerprint density at radius 1 is 0.900 bits per heavy atom. The Balaban J connectivity index is 2.15. The van der Waals surface area contributed by atoms with Crippen molar-refractivity contribution in [2.45, 2.75) is 6.18 Å². The Kier molecular flexibility index (Phi) is 2.78. The molecule has 0 saturated heterocycles. The van der Waals surface area contributed by atoms with E-state index in [0.717, 1.165) is 12.1 Å². The minimum atomic E-state index is -4.41. The van der Waals surface area contributed by atoms with Crippen molar-refractivity contribution in [3.8, 4) is 11.1 Å². The monoisotopic (exact) mass is 279 g/mol. The van der Waals surface area contributed by atoms with Crippen molar-refractivity contribution in [3.05, 3.63) is 60.0 Å². The molecule has 0 aliphatic carbocycles. The SMILES string of the molecule is Fc1cc(-c2cccc(C(F)(F)F)c2)cc2[nH]ccc12. The number of nitrogens with one attached hydrogen (secondary N) is 1. The lowest BCUT2D eigenvalue weighted by atomic mass is 10.0. The smallest absolute Gasteiger partial charge is 0.361 e. The molecule has 0 saturated carbocycles. The average Bonchev–Trinajstić information content (AvgIpc) is 2.87. The molecule has 3 rings (SSSR count). The molecule has 2 aromatic carbocycles. The number of H-pyrrole nitrogens is 1. The van der Waals surface area contributed by atoms with Gasteiger partial charge in [0.15, 0.2) is 0 Å². The molecular formula is C15H9F4N. The van der Waals surface area contributed by atoms with Gasteiger partial charge in [-0.2, -0.15) is 13.2 Å². The largest absolute Gasteiger partial charge is 0.416 e. The molecule has 1 heterocycles. The Bertz CT molecular complexity index is 771. The molecule has 0 atom stereocenters. The van der Waals surface area contributed by atoms with Gasteiger partial charge in [0.1, 0.15) is 5.82 Å². The van der Waals surface area contributed by atoms with Crippen LogP contribution in [-0.2, 0) is 6.18 Å². The van der Waals surface area contributed by atoms with Gasteiger partial charge in [-0.1, -0.05) is 12.1 Å². The molecule has 0 radical (unpaired) electrons. The van der Waals surface area contributed by atoms with Crippen LogP contribution in [-0.4, -0.2) is 4.98 Å². The molecule has 0 fully saturated rings. The molecule has 0 unspecified atom stereocenters. The predicted molar refractivity (Wildman–Crippen MR) is 68.7 cm³/mol. The van der Waals surface area contributed by atoms with Gasteiger partial charge in [-0.25, -0.2) is 4.39 Å². The number of halogens is 4. The Hall–Kier alpha value is -2.30. The van der Waals surface area contributed by atoms with Crippen molar-refractivity contribution in [1.29, 1.82) is 0 Å². The van der Waals surface area contributed by atoms with E-state index < -0.39 is 17.6 Å². The Labute approximate surface area is 111 Å². The van der Waals surface area contributed by atoms with Crippen LogP contribution in [0, 0.1) is 5.82 Å². The molecule has 3 aromatic rings. The molecule has 0 bridgehead atoms. The maximum Gasteiger partial charge on any atom is 0.416 e. The highest BCUT2D eigenvalue weighted by Crippen LogP contribution is 2.33. The van der Waals surface area contributed by atoms with Crippen LogP contribution in [0.2, 0.25) is 0 Å². The fraction of sp³-hybridized carbons (Fsp3) is 0.0667. The van der Waals surface area contributed by atoms with Gasteiger partial charge in [0.2, 0.25) is 0 Å². The van der Waals surface area contributed by atoms with E-state index in [0.29, 0.717) is 22.0 Å². The van der Waals surface area contributed by atoms with Gasteiger partial charge in [0.25, 0.3) is 0 Å². The van der Waals surface area contributed by atoms with Crippen molar-refractivity contribution in [3.63, 3.8) is 0 Å². The molecule has 0 aliphatic heterocycles. The molecule has 1 N–H and O–H groups in total. The van der Waals surface area contributed by atoms with Crippen LogP contribution in [0.5, 0.6) is 0 Å². The number of hydrogen-bond donors (Lipinski definition) is 1. The minimum absolute atomic E-state index is 0.329. The van der Waals surface area contributed by atoms with E-state index in [1.807, 2.05) is 0 Å². The standard InChI is InChI=1S/C15H9F4N/c16-13-7-10(8-14-12(13)4-5-20-14)9-2-1-3-11(6-9)15(17,18)19/h1-8,20H. The zero-order valence-electron chi connectivity index (χ0n) is 10.1. The zero-order valence-corrected chi connectivity index (χ0v) is 10.1. The van der Waals surface area contributed by atoms with Gasteiger partial charge in [-0.15, -0.1) is 0 Å². The van der Waals surface area contributed by atoms with Gasteiger partial charge < -0.3 is 4.98 Å². The number of aromatic nitrogens is 1. The lowest BCUT2D eigenvalue weighted by molar-refractivity contribution is -0.137. The number of alkyl halides is 3. The van der Waals surface area contributed by atoms with Gasteiger partial charge in [-0.3, -0.25) is 0 Å². The van der Waals surface area contributed by atoms with Crippen molar-refractivity contribution in [1.82, 2.24) is 4.98 Å². The second-order valence-electron chi connectivity index (χ2n) is 4.48. The fourth-order valence-corrected chi connectivity index (χ4v) is 2.16. The molecule has 20 heavy (non-hydrogen) atoms. The third-order valence-electron chi connectivity index (χ3n) is 3.14. The molecular weight excluding hydrogens is 270 g/mol. The molecule has 0 aliphatic rings. The summed E-state index contributed by atoms with van der Waals surface area (Å²) in [7, 11) is 0. The lowest BCUT2D eigenvalue weighted by Crippen LogP contribution is -2.04. The van der Waals surface area contributed by atoms with E-state index >= 15 is 0 Å². The summed E-state index contributed by atoms with van der Waals surface area (Å²) in [4.78, 5) is 2.85. The van der Waals surface area contributed by atoms with Crippen LogP contribution in [0.3, 0.4) is 0 Å². The van der Waals surface area contributed by atoms with E-state index in [2.05, 4.69) is 4.98 Å². The molecule has 1 aromatic heterocycles. The molecule has 102 valence electrons. The summed E-state index contributed by atoms with van der Waals surface area (Å²) in [5, 5.41) is 0.417. The van der Waals surface area contributed by atoms with Gasteiger partial charge >= 0.3 is 6.18 Å². The fourth-order valence-electron chi connectivity index (χ4n) is 2.16. The maximum atomic E-state index is 13.9. The molecule has 0 amide bonds. The second-order valence-corrected chi connectivity index (χ2v) is 4.48. The van der Waals surface area contributed by atoms with Crippen molar-refractivity contribution < 1.29 is 17.6 Å². The third-order valence-corrected chi connectivity index (χ3v) is 3.14. The Morgan fingerprint density at radius 3 is 2.45 bits per heavy atom. The molecule has 1 nitrogen and oxygen atoms in total. The number of rotatable bonds is 1. The number of benzene rings is 2. The number of aromatic amines is 1. The Morgan fingerprint density at radius 2 is 1.70 bits per heavy atom. The molecule has 0 spiro atoms. The first kappa shape index (κ1) is 12.7. The van der Waals surface area contributed by atoms with E-state index in [1.165, 1.54) is 18.2 Å². The van der Waals surface area contributed by atoms with Crippen molar-refractivity contribution in [2.75, 3.05) is 0 Å². The summed E-state index contributed by atoms with van der Waals surface area (Å²) in [6.45, 7) is 0. The summed E-state index contributed by atoms with van der Waals surface area (Å²) in [5.41, 5.74) is 0.540. The summed E-state index contributed by atoms with van der Waals surface area (Å²) < 4.78 is 51.9. The quantitative estimate of drug-likeness (QED) is 0.604. The van der Waals surface area contributed by atoms with E-state index in [-0.39, 0.29) is 0 Å². The third kappa shape index (κ3) is 2.15. The number of hydrogen-bond acceptors (Lipinski definition) is 0. The van der Waals surface area contributed by atoms with Gasteiger partial charge in [-0.05, 0) is 41.5 Å². The zero-order chi connectivity index (χ0) is 14.3. The maximum absolute atomic E-state index is 13.9. The highest BCUT2D eigenvalue weighted by atomic mass is 19.4. The van der Waals surface area contributed by atoms with Gasteiger partial charge in [0.05, 0.1) is 5.56 Å². The van der Waals surface area contributed by atoms with Crippen LogP contribution in [0.1, 0.15) is 5.56 Å². The van der Waals surface area contributed by atoms with E-state index in [1.54, 1.807) is 18.3 Å². The van der Waals surface area contributed by atoms with E-state index in [4.69, 9.17) is 0 Å². The van der Waals surface area contributed by atoms with Crippen LogP contribution in [0.15, 0.2) is 48.7 Å².